The molecule has 1 saturated heterocycles. The molecule has 0 bridgehead atoms. The second kappa shape index (κ2) is 6.18. The first-order valence-electron chi connectivity index (χ1n) is 6.75. The highest BCUT2D eigenvalue weighted by molar-refractivity contribution is 5.26. The van der Waals surface area contributed by atoms with Crippen molar-refractivity contribution in [3.8, 4) is 0 Å². The molecule has 1 aromatic rings. The maximum atomic E-state index is 6.26. The van der Waals surface area contributed by atoms with Gasteiger partial charge in [-0.15, -0.1) is 0 Å². The van der Waals surface area contributed by atoms with Gasteiger partial charge >= 0.3 is 0 Å². The fraction of sp³-hybridized carbons (Fsp3) is 0.600. The summed E-state index contributed by atoms with van der Waals surface area (Å²) in [6.45, 7) is 3.12. The number of aryl methyl sites for hydroxylation is 1. The van der Waals surface area contributed by atoms with Crippen LogP contribution in [0, 0.1) is 0 Å². The van der Waals surface area contributed by atoms with Gasteiger partial charge in [0.15, 0.2) is 0 Å². The first-order chi connectivity index (χ1) is 8.29. The van der Waals surface area contributed by atoms with Crippen molar-refractivity contribution in [2.24, 2.45) is 5.73 Å². The second-order valence-electron chi connectivity index (χ2n) is 4.97. The highest BCUT2D eigenvalue weighted by Gasteiger charge is 2.19. The molecule has 2 rings (SSSR count). The van der Waals surface area contributed by atoms with Gasteiger partial charge in [0.05, 0.1) is 6.10 Å². The zero-order valence-corrected chi connectivity index (χ0v) is 10.7. The van der Waals surface area contributed by atoms with E-state index < -0.39 is 0 Å². The zero-order chi connectivity index (χ0) is 12.1. The number of rotatable bonds is 5. The summed E-state index contributed by atoms with van der Waals surface area (Å²) in [6.07, 6.45) is 6.01. The molecule has 2 nitrogen and oxygen atoms in total. The molecule has 1 aromatic carbocycles. The lowest BCUT2D eigenvalue weighted by atomic mass is 9.97. The summed E-state index contributed by atoms with van der Waals surface area (Å²) in [4.78, 5) is 0. The van der Waals surface area contributed by atoms with E-state index in [1.165, 1.54) is 30.4 Å². The molecular formula is C15H23NO. The Morgan fingerprint density at radius 3 is 3.06 bits per heavy atom. The maximum Gasteiger partial charge on any atom is 0.0594 e. The number of benzene rings is 1. The molecule has 2 N–H and O–H groups in total. The van der Waals surface area contributed by atoms with Crippen molar-refractivity contribution in [2.45, 2.75) is 51.2 Å². The van der Waals surface area contributed by atoms with E-state index in [2.05, 4.69) is 31.2 Å². The van der Waals surface area contributed by atoms with E-state index in [9.17, 15) is 0 Å². The molecule has 17 heavy (non-hydrogen) atoms. The lowest BCUT2D eigenvalue weighted by molar-refractivity contribution is 0.0983. The fourth-order valence-electron chi connectivity index (χ4n) is 2.52. The highest BCUT2D eigenvalue weighted by atomic mass is 16.5. The van der Waals surface area contributed by atoms with Crippen molar-refractivity contribution < 1.29 is 4.74 Å². The van der Waals surface area contributed by atoms with Crippen LogP contribution in [0.25, 0.3) is 0 Å². The molecule has 0 spiro atoms. The van der Waals surface area contributed by atoms with Gasteiger partial charge in [0, 0.05) is 12.6 Å². The Labute approximate surface area is 104 Å². The van der Waals surface area contributed by atoms with E-state index >= 15 is 0 Å². The highest BCUT2D eigenvalue weighted by Crippen LogP contribution is 2.24. The molecule has 0 amide bonds. The van der Waals surface area contributed by atoms with E-state index in [0.717, 1.165) is 19.4 Å². The van der Waals surface area contributed by atoms with Crippen LogP contribution < -0.4 is 5.73 Å². The third-order valence-corrected chi connectivity index (χ3v) is 3.46. The first kappa shape index (κ1) is 12.6. The molecule has 1 aliphatic heterocycles. The summed E-state index contributed by atoms with van der Waals surface area (Å²) in [5, 5.41) is 0. The smallest absolute Gasteiger partial charge is 0.0594 e. The fourth-order valence-corrected chi connectivity index (χ4v) is 2.52. The van der Waals surface area contributed by atoms with Gasteiger partial charge in [0.1, 0.15) is 0 Å². The van der Waals surface area contributed by atoms with Crippen molar-refractivity contribution >= 4 is 0 Å². The lowest BCUT2D eigenvalue weighted by Gasteiger charge is -2.17. The Hall–Kier alpha value is -0.860. The normalized spacial score (nSPS) is 21.6. The molecule has 2 heteroatoms. The summed E-state index contributed by atoms with van der Waals surface area (Å²) in [5.41, 5.74) is 8.91. The Kier molecular flexibility index (Phi) is 4.57. The van der Waals surface area contributed by atoms with Crippen LogP contribution in [-0.4, -0.2) is 12.7 Å². The largest absolute Gasteiger partial charge is 0.378 e. The summed E-state index contributed by atoms with van der Waals surface area (Å²) in [5.74, 6) is 0. The third-order valence-electron chi connectivity index (χ3n) is 3.46. The van der Waals surface area contributed by atoms with Gasteiger partial charge in [-0.05, 0) is 36.8 Å². The Morgan fingerprint density at radius 1 is 1.47 bits per heavy atom. The average molecular weight is 233 g/mol. The van der Waals surface area contributed by atoms with Gasteiger partial charge in [-0.2, -0.15) is 0 Å². The summed E-state index contributed by atoms with van der Waals surface area (Å²) >= 11 is 0. The van der Waals surface area contributed by atoms with E-state index in [0.29, 0.717) is 6.10 Å². The minimum Gasteiger partial charge on any atom is -0.378 e. The molecule has 0 aliphatic carbocycles. The molecule has 2 unspecified atom stereocenters. The second-order valence-corrected chi connectivity index (χ2v) is 4.97. The van der Waals surface area contributed by atoms with Crippen molar-refractivity contribution in [2.75, 3.05) is 6.61 Å². The van der Waals surface area contributed by atoms with Crippen molar-refractivity contribution in [1.82, 2.24) is 0 Å². The SMILES string of the molecule is CCCc1cccc(C(N)CC2CCCO2)c1. The van der Waals surface area contributed by atoms with Crippen LogP contribution >= 0.6 is 0 Å². The molecule has 1 fully saturated rings. The quantitative estimate of drug-likeness (QED) is 0.847. The van der Waals surface area contributed by atoms with Gasteiger partial charge in [0.2, 0.25) is 0 Å². The Balaban J connectivity index is 1.97. The molecule has 2 atom stereocenters. The first-order valence-corrected chi connectivity index (χ1v) is 6.75. The number of hydrogen-bond donors (Lipinski definition) is 1. The third kappa shape index (κ3) is 3.55. The van der Waals surface area contributed by atoms with E-state index in [1.807, 2.05) is 0 Å². The van der Waals surface area contributed by atoms with Crippen LogP contribution in [0.4, 0.5) is 0 Å². The maximum absolute atomic E-state index is 6.26. The number of nitrogens with two attached hydrogens (primary N) is 1. The summed E-state index contributed by atoms with van der Waals surface area (Å²) < 4.78 is 5.64. The van der Waals surface area contributed by atoms with Crippen molar-refractivity contribution in [3.05, 3.63) is 35.4 Å². The van der Waals surface area contributed by atoms with E-state index in [-0.39, 0.29) is 6.04 Å². The van der Waals surface area contributed by atoms with Crippen molar-refractivity contribution in [3.63, 3.8) is 0 Å². The number of ether oxygens (including phenoxy) is 1. The predicted octanol–water partition coefficient (Wildman–Crippen LogP) is 3.21. The topological polar surface area (TPSA) is 35.2 Å². The van der Waals surface area contributed by atoms with Crippen LogP contribution in [0.5, 0.6) is 0 Å². The summed E-state index contributed by atoms with van der Waals surface area (Å²) in [7, 11) is 0. The molecular weight excluding hydrogens is 210 g/mol. The number of hydrogen-bond acceptors (Lipinski definition) is 2. The van der Waals surface area contributed by atoms with Crippen LogP contribution in [0.1, 0.15) is 49.8 Å². The van der Waals surface area contributed by atoms with Crippen molar-refractivity contribution in [1.29, 1.82) is 0 Å². The van der Waals surface area contributed by atoms with Gasteiger partial charge in [-0.1, -0.05) is 37.6 Å². The average Bonchev–Trinajstić information content (AvgIpc) is 2.83. The Morgan fingerprint density at radius 2 is 2.35 bits per heavy atom. The molecule has 1 heterocycles. The minimum absolute atomic E-state index is 0.120. The summed E-state index contributed by atoms with van der Waals surface area (Å²) in [6, 6.07) is 8.82. The van der Waals surface area contributed by atoms with E-state index in [4.69, 9.17) is 10.5 Å². The van der Waals surface area contributed by atoms with Gasteiger partial charge in [-0.25, -0.2) is 0 Å². The van der Waals surface area contributed by atoms with Crippen LogP contribution in [0.3, 0.4) is 0 Å². The minimum atomic E-state index is 0.120. The van der Waals surface area contributed by atoms with Gasteiger partial charge < -0.3 is 10.5 Å². The lowest BCUT2D eigenvalue weighted by Crippen LogP contribution is -2.18. The molecule has 94 valence electrons. The monoisotopic (exact) mass is 233 g/mol. The van der Waals surface area contributed by atoms with Gasteiger partial charge in [-0.3, -0.25) is 0 Å². The molecule has 1 aliphatic rings. The molecule has 0 radical (unpaired) electrons. The van der Waals surface area contributed by atoms with Crippen LogP contribution in [-0.2, 0) is 11.2 Å². The van der Waals surface area contributed by atoms with Crippen LogP contribution in [0.15, 0.2) is 24.3 Å². The predicted molar refractivity (Wildman–Crippen MR) is 71.0 cm³/mol. The standard InChI is InChI=1S/C15H23NO/c1-2-5-12-6-3-7-13(10-12)15(16)11-14-8-4-9-17-14/h3,6-7,10,14-15H,2,4-5,8-9,11,16H2,1H3. The molecule has 0 aromatic heterocycles. The van der Waals surface area contributed by atoms with Gasteiger partial charge in [0.25, 0.3) is 0 Å². The Bertz CT molecular complexity index is 345. The van der Waals surface area contributed by atoms with E-state index in [1.54, 1.807) is 0 Å². The zero-order valence-electron chi connectivity index (χ0n) is 10.7. The molecule has 0 saturated carbocycles. The van der Waals surface area contributed by atoms with Crippen LogP contribution in [0.2, 0.25) is 0 Å².